The molecular formula is C15H16F3N3O. The number of halogens is 3. The number of furan rings is 1. The predicted octanol–water partition coefficient (Wildman–Crippen LogP) is 4.07. The third-order valence-corrected chi connectivity index (χ3v) is 3.93. The second-order valence-electron chi connectivity index (χ2n) is 5.59. The average molecular weight is 311 g/mol. The molecule has 0 radical (unpaired) electrons. The van der Waals surface area contributed by atoms with Crippen molar-refractivity contribution in [2.24, 2.45) is 5.92 Å². The number of hydrogen-bond acceptors (Lipinski definition) is 4. The van der Waals surface area contributed by atoms with E-state index in [0.717, 1.165) is 30.9 Å². The molecule has 0 aromatic carbocycles. The maximum Gasteiger partial charge on any atom is 0.433 e. The molecule has 1 aliphatic rings. The number of piperidine rings is 1. The summed E-state index contributed by atoms with van der Waals surface area (Å²) in [5.74, 6) is 1.30. The van der Waals surface area contributed by atoms with E-state index in [1.165, 1.54) is 0 Å². The van der Waals surface area contributed by atoms with Crippen LogP contribution in [0.4, 0.5) is 19.1 Å². The lowest BCUT2D eigenvalue weighted by Gasteiger charge is -2.37. The molecule has 22 heavy (non-hydrogen) atoms. The van der Waals surface area contributed by atoms with E-state index in [2.05, 4.69) is 16.9 Å². The van der Waals surface area contributed by atoms with E-state index in [-0.39, 0.29) is 12.0 Å². The monoisotopic (exact) mass is 311 g/mol. The van der Waals surface area contributed by atoms with Crippen molar-refractivity contribution in [2.75, 3.05) is 11.4 Å². The van der Waals surface area contributed by atoms with Gasteiger partial charge in [-0.25, -0.2) is 9.97 Å². The highest BCUT2D eigenvalue weighted by Gasteiger charge is 2.35. The average Bonchev–Trinajstić information content (AvgIpc) is 3.00. The first-order chi connectivity index (χ1) is 10.4. The molecule has 3 rings (SSSR count). The standard InChI is InChI=1S/C15H16F3N3O/c1-10-5-7-21(11(9-10)12-3-2-8-22-12)14-19-6-4-13(20-14)15(16,17)18/h2-4,6,8,10-11H,5,7,9H2,1H3. The molecule has 1 saturated heterocycles. The Labute approximate surface area is 126 Å². The highest BCUT2D eigenvalue weighted by atomic mass is 19.4. The van der Waals surface area contributed by atoms with E-state index in [1.807, 2.05) is 6.07 Å². The largest absolute Gasteiger partial charge is 0.467 e. The molecule has 7 heteroatoms. The van der Waals surface area contributed by atoms with Crippen LogP contribution in [0.1, 0.15) is 37.3 Å². The van der Waals surface area contributed by atoms with Crippen molar-refractivity contribution >= 4 is 5.95 Å². The molecule has 0 amide bonds. The number of nitrogens with zero attached hydrogens (tertiary/aromatic N) is 3. The molecule has 3 heterocycles. The molecule has 0 bridgehead atoms. The number of alkyl halides is 3. The van der Waals surface area contributed by atoms with Crippen LogP contribution in [-0.2, 0) is 6.18 Å². The van der Waals surface area contributed by atoms with Crippen LogP contribution in [0, 0.1) is 5.92 Å². The van der Waals surface area contributed by atoms with Gasteiger partial charge in [-0.15, -0.1) is 0 Å². The van der Waals surface area contributed by atoms with Crippen molar-refractivity contribution in [2.45, 2.75) is 32.0 Å². The SMILES string of the molecule is CC1CCN(c2nccc(C(F)(F)F)n2)C(c2ccco2)C1. The fraction of sp³-hybridized carbons (Fsp3) is 0.467. The van der Waals surface area contributed by atoms with Crippen molar-refractivity contribution in [3.63, 3.8) is 0 Å². The highest BCUT2D eigenvalue weighted by Crippen LogP contribution is 2.37. The first kappa shape index (κ1) is 14.9. The van der Waals surface area contributed by atoms with E-state index in [0.29, 0.717) is 12.5 Å². The van der Waals surface area contributed by atoms with Crippen LogP contribution in [0.3, 0.4) is 0 Å². The molecule has 2 aromatic rings. The highest BCUT2D eigenvalue weighted by molar-refractivity contribution is 5.36. The van der Waals surface area contributed by atoms with Gasteiger partial charge < -0.3 is 9.32 Å². The van der Waals surface area contributed by atoms with E-state index < -0.39 is 11.9 Å². The van der Waals surface area contributed by atoms with Crippen molar-refractivity contribution < 1.29 is 17.6 Å². The number of rotatable bonds is 2. The lowest BCUT2D eigenvalue weighted by Crippen LogP contribution is -2.37. The molecule has 4 nitrogen and oxygen atoms in total. The van der Waals surface area contributed by atoms with Gasteiger partial charge in [0.25, 0.3) is 0 Å². The maximum absolute atomic E-state index is 12.8. The zero-order chi connectivity index (χ0) is 15.7. The van der Waals surface area contributed by atoms with Crippen LogP contribution in [0.2, 0.25) is 0 Å². The maximum atomic E-state index is 12.8. The fourth-order valence-corrected chi connectivity index (χ4v) is 2.78. The molecule has 1 aliphatic heterocycles. The van der Waals surface area contributed by atoms with Crippen LogP contribution in [0.5, 0.6) is 0 Å². The number of aromatic nitrogens is 2. The summed E-state index contributed by atoms with van der Waals surface area (Å²) in [5, 5.41) is 0. The van der Waals surface area contributed by atoms with Crippen molar-refractivity contribution in [1.29, 1.82) is 0 Å². The van der Waals surface area contributed by atoms with E-state index >= 15 is 0 Å². The quantitative estimate of drug-likeness (QED) is 0.838. The van der Waals surface area contributed by atoms with Crippen LogP contribution < -0.4 is 4.90 Å². The Hall–Kier alpha value is -2.05. The second-order valence-corrected chi connectivity index (χ2v) is 5.59. The molecule has 0 spiro atoms. The number of anilines is 1. The minimum Gasteiger partial charge on any atom is -0.467 e. The summed E-state index contributed by atoms with van der Waals surface area (Å²) < 4.78 is 44.0. The minimum atomic E-state index is -4.47. The van der Waals surface area contributed by atoms with Gasteiger partial charge in [0, 0.05) is 12.7 Å². The van der Waals surface area contributed by atoms with Crippen LogP contribution >= 0.6 is 0 Å². The smallest absolute Gasteiger partial charge is 0.433 e. The molecule has 0 N–H and O–H groups in total. The van der Waals surface area contributed by atoms with Gasteiger partial charge >= 0.3 is 6.18 Å². The molecule has 2 aromatic heterocycles. The Morgan fingerprint density at radius 1 is 1.32 bits per heavy atom. The minimum absolute atomic E-state index is 0.100. The first-order valence-corrected chi connectivity index (χ1v) is 7.15. The van der Waals surface area contributed by atoms with Gasteiger partial charge in [0.2, 0.25) is 5.95 Å². The van der Waals surface area contributed by atoms with E-state index in [4.69, 9.17) is 4.42 Å². The van der Waals surface area contributed by atoms with Crippen molar-refractivity contribution in [3.8, 4) is 0 Å². The molecular weight excluding hydrogens is 295 g/mol. The van der Waals surface area contributed by atoms with Gasteiger partial charge in [0.1, 0.15) is 11.5 Å². The van der Waals surface area contributed by atoms with Crippen LogP contribution in [0.15, 0.2) is 35.1 Å². The molecule has 2 atom stereocenters. The second kappa shape index (κ2) is 5.62. The summed E-state index contributed by atoms with van der Waals surface area (Å²) in [6.45, 7) is 2.73. The third-order valence-electron chi connectivity index (χ3n) is 3.93. The Kier molecular flexibility index (Phi) is 3.80. The van der Waals surface area contributed by atoms with Gasteiger partial charge in [-0.3, -0.25) is 0 Å². The Bertz CT molecular complexity index is 627. The predicted molar refractivity (Wildman–Crippen MR) is 74.2 cm³/mol. The van der Waals surface area contributed by atoms with Gasteiger partial charge in [0.05, 0.1) is 12.3 Å². The first-order valence-electron chi connectivity index (χ1n) is 7.15. The lowest BCUT2D eigenvalue weighted by atomic mass is 9.91. The van der Waals surface area contributed by atoms with Gasteiger partial charge in [-0.1, -0.05) is 6.92 Å². The van der Waals surface area contributed by atoms with Crippen molar-refractivity contribution in [3.05, 3.63) is 42.1 Å². The van der Waals surface area contributed by atoms with Crippen LogP contribution in [-0.4, -0.2) is 16.5 Å². The van der Waals surface area contributed by atoms with Crippen molar-refractivity contribution in [1.82, 2.24) is 9.97 Å². The Morgan fingerprint density at radius 2 is 2.14 bits per heavy atom. The van der Waals surface area contributed by atoms with Crippen LogP contribution in [0.25, 0.3) is 0 Å². The molecule has 2 unspecified atom stereocenters. The summed E-state index contributed by atoms with van der Waals surface area (Å²) in [4.78, 5) is 9.54. The normalized spacial score (nSPS) is 22.8. The zero-order valence-corrected chi connectivity index (χ0v) is 12.0. The summed E-state index contributed by atoms with van der Waals surface area (Å²) in [6, 6.07) is 4.36. The lowest BCUT2D eigenvalue weighted by molar-refractivity contribution is -0.141. The Balaban J connectivity index is 1.95. The van der Waals surface area contributed by atoms with Gasteiger partial charge in [-0.2, -0.15) is 13.2 Å². The Morgan fingerprint density at radius 3 is 2.82 bits per heavy atom. The molecule has 0 saturated carbocycles. The molecule has 0 aliphatic carbocycles. The summed E-state index contributed by atoms with van der Waals surface area (Å²) in [5.41, 5.74) is -0.922. The molecule has 118 valence electrons. The van der Waals surface area contributed by atoms with E-state index in [1.54, 1.807) is 17.2 Å². The summed E-state index contributed by atoms with van der Waals surface area (Å²) >= 11 is 0. The van der Waals surface area contributed by atoms with Gasteiger partial charge in [0.15, 0.2) is 0 Å². The van der Waals surface area contributed by atoms with E-state index in [9.17, 15) is 13.2 Å². The zero-order valence-electron chi connectivity index (χ0n) is 12.0. The fourth-order valence-electron chi connectivity index (χ4n) is 2.78. The number of hydrogen-bond donors (Lipinski definition) is 0. The molecule has 1 fully saturated rings. The summed E-state index contributed by atoms with van der Waals surface area (Å²) in [6.07, 6.45) is -0.0625. The van der Waals surface area contributed by atoms with Gasteiger partial charge in [-0.05, 0) is 37.0 Å². The third kappa shape index (κ3) is 2.93. The topological polar surface area (TPSA) is 42.2 Å². The summed E-state index contributed by atoms with van der Waals surface area (Å²) in [7, 11) is 0.